The molecular formula is C13H20N2O. The zero-order valence-corrected chi connectivity index (χ0v) is 10.1. The highest BCUT2D eigenvalue weighted by Crippen LogP contribution is 2.13. The molecule has 0 aliphatic heterocycles. The Bertz CT molecular complexity index is 350. The molecule has 0 spiro atoms. The highest BCUT2D eigenvalue weighted by molar-refractivity contribution is 5.76. The Morgan fingerprint density at radius 2 is 2.06 bits per heavy atom. The molecule has 1 aromatic carbocycles. The first-order valence-corrected chi connectivity index (χ1v) is 5.72. The van der Waals surface area contributed by atoms with Gasteiger partial charge in [0.25, 0.3) is 0 Å². The van der Waals surface area contributed by atoms with Gasteiger partial charge in [-0.25, -0.2) is 0 Å². The first-order chi connectivity index (χ1) is 7.65. The van der Waals surface area contributed by atoms with E-state index >= 15 is 0 Å². The minimum atomic E-state index is 0.185. The number of aryl methyl sites for hydroxylation is 1. The van der Waals surface area contributed by atoms with Gasteiger partial charge in [-0.1, -0.05) is 25.1 Å². The Labute approximate surface area is 97.2 Å². The van der Waals surface area contributed by atoms with Gasteiger partial charge in [0, 0.05) is 25.7 Å². The molecule has 0 radical (unpaired) electrons. The number of hydrogen-bond donors (Lipinski definition) is 1. The van der Waals surface area contributed by atoms with E-state index in [0.717, 1.165) is 30.6 Å². The van der Waals surface area contributed by atoms with Crippen molar-refractivity contribution in [2.45, 2.75) is 26.2 Å². The zero-order valence-electron chi connectivity index (χ0n) is 10.1. The summed E-state index contributed by atoms with van der Waals surface area (Å²) in [5.74, 6) is 0.185. The van der Waals surface area contributed by atoms with Crippen molar-refractivity contribution in [3.8, 4) is 0 Å². The van der Waals surface area contributed by atoms with E-state index in [9.17, 15) is 4.79 Å². The lowest BCUT2D eigenvalue weighted by molar-refractivity contribution is -0.129. The number of amides is 1. The maximum Gasteiger partial charge on any atom is 0.222 e. The van der Waals surface area contributed by atoms with Crippen molar-refractivity contribution >= 4 is 11.6 Å². The second kappa shape index (κ2) is 6.16. The van der Waals surface area contributed by atoms with Crippen molar-refractivity contribution in [3.05, 3.63) is 29.8 Å². The van der Waals surface area contributed by atoms with Crippen LogP contribution in [0.25, 0.3) is 0 Å². The highest BCUT2D eigenvalue weighted by atomic mass is 16.2. The Morgan fingerprint density at radius 1 is 1.38 bits per heavy atom. The van der Waals surface area contributed by atoms with E-state index in [4.69, 9.17) is 5.73 Å². The summed E-state index contributed by atoms with van der Waals surface area (Å²) in [4.78, 5) is 13.5. The summed E-state index contributed by atoms with van der Waals surface area (Å²) in [6.07, 6.45) is 2.25. The number of carbonyl (C=O) groups is 1. The largest absolute Gasteiger partial charge is 0.399 e. The monoisotopic (exact) mass is 220 g/mol. The minimum absolute atomic E-state index is 0.185. The fraction of sp³-hybridized carbons (Fsp3) is 0.462. The summed E-state index contributed by atoms with van der Waals surface area (Å²) in [6, 6.07) is 7.70. The SMILES string of the molecule is CCCN(C)C(=O)CCc1ccccc1N. The molecule has 0 saturated heterocycles. The van der Waals surface area contributed by atoms with Crippen LogP contribution in [0.3, 0.4) is 0 Å². The quantitative estimate of drug-likeness (QED) is 0.772. The van der Waals surface area contributed by atoms with Crippen LogP contribution in [0.15, 0.2) is 24.3 Å². The fourth-order valence-electron chi connectivity index (χ4n) is 1.65. The molecule has 3 nitrogen and oxygen atoms in total. The van der Waals surface area contributed by atoms with Crippen molar-refractivity contribution in [1.82, 2.24) is 4.90 Å². The topological polar surface area (TPSA) is 46.3 Å². The van der Waals surface area contributed by atoms with Gasteiger partial charge < -0.3 is 10.6 Å². The number of rotatable bonds is 5. The Kier molecular flexibility index (Phi) is 4.83. The van der Waals surface area contributed by atoms with E-state index in [-0.39, 0.29) is 5.91 Å². The Morgan fingerprint density at radius 3 is 2.69 bits per heavy atom. The fourth-order valence-corrected chi connectivity index (χ4v) is 1.65. The van der Waals surface area contributed by atoms with E-state index in [2.05, 4.69) is 6.92 Å². The Balaban J connectivity index is 2.46. The molecule has 2 N–H and O–H groups in total. The van der Waals surface area contributed by atoms with Crippen LogP contribution in [0.5, 0.6) is 0 Å². The molecule has 1 aromatic rings. The second-order valence-electron chi connectivity index (χ2n) is 4.01. The molecule has 0 aromatic heterocycles. The second-order valence-corrected chi connectivity index (χ2v) is 4.01. The molecule has 1 amide bonds. The van der Waals surface area contributed by atoms with Crippen molar-refractivity contribution in [2.75, 3.05) is 19.3 Å². The van der Waals surface area contributed by atoms with Gasteiger partial charge in [0.05, 0.1) is 0 Å². The van der Waals surface area contributed by atoms with Gasteiger partial charge in [0.2, 0.25) is 5.91 Å². The van der Waals surface area contributed by atoms with Gasteiger partial charge in [-0.2, -0.15) is 0 Å². The number of hydrogen-bond acceptors (Lipinski definition) is 2. The highest BCUT2D eigenvalue weighted by Gasteiger charge is 2.08. The third-order valence-electron chi connectivity index (χ3n) is 2.65. The van der Waals surface area contributed by atoms with Crippen molar-refractivity contribution in [2.24, 2.45) is 0 Å². The first-order valence-electron chi connectivity index (χ1n) is 5.72. The van der Waals surface area contributed by atoms with Crippen LogP contribution in [0, 0.1) is 0 Å². The third-order valence-corrected chi connectivity index (χ3v) is 2.65. The summed E-state index contributed by atoms with van der Waals surface area (Å²) in [7, 11) is 1.85. The van der Waals surface area contributed by atoms with Gasteiger partial charge in [-0.15, -0.1) is 0 Å². The van der Waals surface area contributed by atoms with Crippen LogP contribution >= 0.6 is 0 Å². The number of benzene rings is 1. The molecule has 3 heteroatoms. The molecule has 0 aliphatic rings. The van der Waals surface area contributed by atoms with Crippen molar-refractivity contribution in [3.63, 3.8) is 0 Å². The van der Waals surface area contributed by atoms with Crippen LogP contribution in [0.2, 0.25) is 0 Å². The van der Waals surface area contributed by atoms with Crippen molar-refractivity contribution < 1.29 is 4.79 Å². The standard InChI is InChI=1S/C13H20N2O/c1-3-10-15(2)13(16)9-8-11-6-4-5-7-12(11)14/h4-7H,3,8-10,14H2,1-2H3. The van der Waals surface area contributed by atoms with E-state index < -0.39 is 0 Å². The molecule has 0 saturated carbocycles. The van der Waals surface area contributed by atoms with Crippen LogP contribution in [-0.2, 0) is 11.2 Å². The van der Waals surface area contributed by atoms with Gasteiger partial charge in [-0.3, -0.25) is 4.79 Å². The van der Waals surface area contributed by atoms with Gasteiger partial charge in [0.1, 0.15) is 0 Å². The van der Waals surface area contributed by atoms with Gasteiger partial charge in [-0.05, 0) is 24.5 Å². The first kappa shape index (κ1) is 12.6. The van der Waals surface area contributed by atoms with E-state index in [0.29, 0.717) is 6.42 Å². The molecule has 16 heavy (non-hydrogen) atoms. The maximum absolute atomic E-state index is 11.7. The minimum Gasteiger partial charge on any atom is -0.399 e. The van der Waals surface area contributed by atoms with Crippen molar-refractivity contribution in [1.29, 1.82) is 0 Å². The third kappa shape index (κ3) is 3.57. The number of carbonyl (C=O) groups excluding carboxylic acids is 1. The number of nitrogens with zero attached hydrogens (tertiary/aromatic N) is 1. The molecule has 0 unspecified atom stereocenters. The van der Waals surface area contributed by atoms with Crippen LogP contribution < -0.4 is 5.73 Å². The zero-order chi connectivity index (χ0) is 12.0. The molecule has 0 bridgehead atoms. The molecule has 88 valence electrons. The summed E-state index contributed by atoms with van der Waals surface area (Å²) in [6.45, 7) is 2.89. The van der Waals surface area contributed by atoms with E-state index in [1.54, 1.807) is 4.90 Å². The van der Waals surface area contributed by atoms with Crippen LogP contribution in [0.1, 0.15) is 25.3 Å². The normalized spacial score (nSPS) is 10.1. The Hall–Kier alpha value is -1.51. The van der Waals surface area contributed by atoms with Gasteiger partial charge >= 0.3 is 0 Å². The lowest BCUT2D eigenvalue weighted by Crippen LogP contribution is -2.27. The summed E-state index contributed by atoms with van der Waals surface area (Å²) in [5.41, 5.74) is 7.64. The van der Waals surface area contributed by atoms with Crippen LogP contribution in [0.4, 0.5) is 5.69 Å². The summed E-state index contributed by atoms with van der Waals surface area (Å²) in [5, 5.41) is 0. The lowest BCUT2D eigenvalue weighted by Gasteiger charge is -2.16. The molecule has 1 rings (SSSR count). The molecule has 0 fully saturated rings. The molecule has 0 aliphatic carbocycles. The lowest BCUT2D eigenvalue weighted by atomic mass is 10.1. The number of nitrogen functional groups attached to an aromatic ring is 1. The summed E-state index contributed by atoms with van der Waals surface area (Å²) >= 11 is 0. The molecule has 0 heterocycles. The number of nitrogens with two attached hydrogens (primary N) is 1. The number of anilines is 1. The van der Waals surface area contributed by atoms with E-state index in [1.807, 2.05) is 31.3 Å². The predicted octanol–water partition coefficient (Wildman–Crippen LogP) is 2.07. The van der Waals surface area contributed by atoms with Gasteiger partial charge in [0.15, 0.2) is 0 Å². The molecular weight excluding hydrogens is 200 g/mol. The summed E-state index contributed by atoms with van der Waals surface area (Å²) < 4.78 is 0. The van der Waals surface area contributed by atoms with E-state index in [1.165, 1.54) is 0 Å². The molecule has 0 atom stereocenters. The smallest absolute Gasteiger partial charge is 0.222 e. The maximum atomic E-state index is 11.7. The van der Waals surface area contributed by atoms with Crippen LogP contribution in [-0.4, -0.2) is 24.4 Å². The predicted molar refractivity (Wildman–Crippen MR) is 67.1 cm³/mol. The number of para-hydroxylation sites is 1. The average Bonchev–Trinajstić information content (AvgIpc) is 2.28. The average molecular weight is 220 g/mol.